The number of hydrogen-bond donors (Lipinski definition) is 1. The first-order valence-electron chi connectivity index (χ1n) is 9.59. The topological polar surface area (TPSA) is 66.5 Å². The molecule has 1 atom stereocenters. The molecule has 1 aromatic carbocycles. The lowest BCUT2D eigenvalue weighted by atomic mass is 9.89. The Bertz CT molecular complexity index is 741. The second kappa shape index (κ2) is 7.22. The molecule has 5 heteroatoms. The number of hydrogen-bond acceptors (Lipinski definition) is 3. The third-order valence-corrected chi connectivity index (χ3v) is 5.54. The molecular formula is C21H28N2O3. The molecule has 1 N–H and O–H groups in total. The van der Waals surface area contributed by atoms with Crippen LogP contribution in [0.4, 0.5) is 4.79 Å². The second-order valence-corrected chi connectivity index (χ2v) is 8.20. The van der Waals surface area contributed by atoms with Crippen LogP contribution in [0.5, 0.6) is 0 Å². The van der Waals surface area contributed by atoms with Crippen LogP contribution in [0, 0.1) is 5.92 Å². The molecule has 1 fully saturated rings. The molecule has 0 aromatic heterocycles. The summed E-state index contributed by atoms with van der Waals surface area (Å²) in [7, 11) is 0. The fourth-order valence-corrected chi connectivity index (χ4v) is 3.78. The Morgan fingerprint density at radius 2 is 1.88 bits per heavy atom. The molecule has 3 rings (SSSR count). The molecule has 26 heavy (non-hydrogen) atoms. The molecule has 3 amide bonds. The summed E-state index contributed by atoms with van der Waals surface area (Å²) in [4.78, 5) is 38.8. The minimum atomic E-state index is -0.905. The lowest BCUT2D eigenvalue weighted by Gasteiger charge is -2.22. The largest absolute Gasteiger partial charge is 0.325 e. The summed E-state index contributed by atoms with van der Waals surface area (Å²) in [5, 5.41) is 2.78. The van der Waals surface area contributed by atoms with Crippen LogP contribution in [-0.2, 0) is 17.6 Å². The molecule has 0 unspecified atom stereocenters. The van der Waals surface area contributed by atoms with E-state index in [0.717, 1.165) is 30.6 Å². The van der Waals surface area contributed by atoms with E-state index in [9.17, 15) is 14.4 Å². The summed E-state index contributed by atoms with van der Waals surface area (Å²) >= 11 is 0. The van der Waals surface area contributed by atoms with Crippen molar-refractivity contribution in [2.45, 2.75) is 64.8 Å². The molecule has 0 bridgehead atoms. The van der Waals surface area contributed by atoms with Crippen molar-refractivity contribution >= 4 is 17.7 Å². The predicted octanol–water partition coefficient (Wildman–Crippen LogP) is 3.49. The van der Waals surface area contributed by atoms with Gasteiger partial charge in [0.25, 0.3) is 5.91 Å². The first-order chi connectivity index (χ1) is 12.3. The number of imide groups is 1. The minimum absolute atomic E-state index is 0.185. The fourth-order valence-electron chi connectivity index (χ4n) is 3.78. The van der Waals surface area contributed by atoms with Crippen molar-refractivity contribution in [1.29, 1.82) is 0 Å². The van der Waals surface area contributed by atoms with Crippen LogP contribution in [0.25, 0.3) is 0 Å². The molecule has 140 valence electrons. The Labute approximate surface area is 155 Å². The van der Waals surface area contributed by atoms with Gasteiger partial charge in [-0.25, -0.2) is 4.79 Å². The zero-order valence-electron chi connectivity index (χ0n) is 15.9. The molecular weight excluding hydrogens is 328 g/mol. The van der Waals surface area contributed by atoms with Gasteiger partial charge in [0.05, 0.1) is 6.54 Å². The normalized spacial score (nSPS) is 22.5. The zero-order valence-corrected chi connectivity index (χ0v) is 15.9. The van der Waals surface area contributed by atoms with Crippen LogP contribution in [0.15, 0.2) is 18.2 Å². The summed E-state index contributed by atoms with van der Waals surface area (Å²) in [6.45, 7) is 5.73. The summed E-state index contributed by atoms with van der Waals surface area (Å²) in [6.07, 6.45) is 5.81. The number of nitrogens with zero attached hydrogens (tertiary/aromatic N) is 1. The van der Waals surface area contributed by atoms with E-state index < -0.39 is 11.6 Å². The highest BCUT2D eigenvalue weighted by Crippen LogP contribution is 2.26. The van der Waals surface area contributed by atoms with Gasteiger partial charge in [-0.1, -0.05) is 26.0 Å². The number of carbonyl (C=O) groups is 3. The highest BCUT2D eigenvalue weighted by Gasteiger charge is 2.47. The predicted molar refractivity (Wildman–Crippen MR) is 100 cm³/mol. The van der Waals surface area contributed by atoms with Crippen LogP contribution in [0.2, 0.25) is 0 Å². The lowest BCUT2D eigenvalue weighted by molar-refractivity contribution is -0.130. The van der Waals surface area contributed by atoms with Crippen molar-refractivity contribution in [3.05, 3.63) is 34.9 Å². The smallest absolute Gasteiger partial charge is 0.323 e. The van der Waals surface area contributed by atoms with Crippen molar-refractivity contribution in [2.24, 2.45) is 5.92 Å². The van der Waals surface area contributed by atoms with Gasteiger partial charge in [0, 0.05) is 5.56 Å². The van der Waals surface area contributed by atoms with Crippen molar-refractivity contribution in [3.63, 3.8) is 0 Å². The van der Waals surface area contributed by atoms with Gasteiger partial charge >= 0.3 is 6.03 Å². The number of Topliss-reactive ketones (excluding diaryl/α,β-unsaturated/α-hetero) is 1. The fraction of sp³-hybridized carbons (Fsp3) is 0.571. The first-order valence-corrected chi connectivity index (χ1v) is 9.59. The third kappa shape index (κ3) is 3.67. The van der Waals surface area contributed by atoms with Gasteiger partial charge < -0.3 is 5.32 Å². The number of urea groups is 1. The molecule has 0 radical (unpaired) electrons. The van der Waals surface area contributed by atoms with E-state index in [-0.39, 0.29) is 18.2 Å². The Morgan fingerprint density at radius 1 is 1.19 bits per heavy atom. The number of nitrogens with one attached hydrogen (secondary N) is 1. The van der Waals surface area contributed by atoms with Crippen LogP contribution >= 0.6 is 0 Å². The van der Waals surface area contributed by atoms with Crippen LogP contribution in [-0.4, -0.2) is 34.7 Å². The van der Waals surface area contributed by atoms with Crippen molar-refractivity contribution in [2.75, 3.05) is 6.54 Å². The van der Waals surface area contributed by atoms with Gasteiger partial charge in [0.15, 0.2) is 5.78 Å². The Morgan fingerprint density at radius 3 is 2.58 bits per heavy atom. The molecule has 1 saturated heterocycles. The summed E-state index contributed by atoms with van der Waals surface area (Å²) in [5.74, 6) is -0.0350. The zero-order chi connectivity index (χ0) is 18.9. The Balaban J connectivity index is 1.71. The second-order valence-electron chi connectivity index (χ2n) is 8.20. The maximum absolute atomic E-state index is 12.7. The van der Waals surface area contributed by atoms with Gasteiger partial charge in [-0.2, -0.15) is 0 Å². The molecule has 0 spiro atoms. The van der Waals surface area contributed by atoms with E-state index in [2.05, 4.69) is 19.2 Å². The summed E-state index contributed by atoms with van der Waals surface area (Å²) < 4.78 is 0. The highest BCUT2D eigenvalue weighted by molar-refractivity contribution is 6.11. The van der Waals surface area contributed by atoms with Crippen LogP contribution in [0.1, 0.15) is 67.9 Å². The van der Waals surface area contributed by atoms with Gasteiger partial charge in [-0.3, -0.25) is 14.5 Å². The number of carbonyl (C=O) groups excluding carboxylic acids is 3. The molecule has 1 aliphatic heterocycles. The van der Waals surface area contributed by atoms with E-state index in [1.165, 1.54) is 17.5 Å². The van der Waals surface area contributed by atoms with Crippen molar-refractivity contribution in [1.82, 2.24) is 10.2 Å². The lowest BCUT2D eigenvalue weighted by Crippen LogP contribution is -2.44. The van der Waals surface area contributed by atoms with Crippen LogP contribution < -0.4 is 5.32 Å². The number of benzene rings is 1. The van der Waals surface area contributed by atoms with Crippen molar-refractivity contribution < 1.29 is 14.4 Å². The maximum atomic E-state index is 12.7. The van der Waals surface area contributed by atoms with Crippen LogP contribution in [0.3, 0.4) is 0 Å². The minimum Gasteiger partial charge on any atom is -0.323 e. The highest BCUT2D eigenvalue weighted by atomic mass is 16.2. The van der Waals surface area contributed by atoms with Gasteiger partial charge in [-0.05, 0) is 68.6 Å². The number of amides is 3. The number of ketones is 1. The van der Waals surface area contributed by atoms with Gasteiger partial charge in [0.2, 0.25) is 0 Å². The molecule has 2 aliphatic rings. The van der Waals surface area contributed by atoms with E-state index in [1.807, 2.05) is 18.2 Å². The molecule has 1 aromatic rings. The average molecular weight is 356 g/mol. The first kappa shape index (κ1) is 18.6. The molecule has 0 saturated carbocycles. The number of rotatable bonds is 6. The SMILES string of the molecule is CC(C)CC[C@@]1(C)NC(=O)N(CC(=O)c2ccc3c(c2)CCCC3)C1=O. The Kier molecular flexibility index (Phi) is 5.17. The number of aryl methyl sites for hydroxylation is 2. The summed E-state index contributed by atoms with van der Waals surface area (Å²) in [5.41, 5.74) is 2.21. The standard InChI is InChI=1S/C21H28N2O3/c1-14(2)10-11-21(3)19(25)23(20(26)22-21)13-18(24)17-9-8-15-6-4-5-7-16(15)12-17/h8-9,12,14H,4-7,10-11,13H2,1-3H3,(H,22,26)/t21-/m1/s1. The van der Waals surface area contributed by atoms with Crippen molar-refractivity contribution in [3.8, 4) is 0 Å². The average Bonchev–Trinajstić information content (AvgIpc) is 2.83. The quantitative estimate of drug-likeness (QED) is 0.627. The monoisotopic (exact) mass is 356 g/mol. The molecule has 5 nitrogen and oxygen atoms in total. The van der Waals surface area contributed by atoms with E-state index >= 15 is 0 Å². The Hall–Kier alpha value is -2.17. The van der Waals surface area contributed by atoms with E-state index in [0.29, 0.717) is 17.9 Å². The van der Waals surface area contributed by atoms with Gasteiger partial charge in [-0.15, -0.1) is 0 Å². The van der Waals surface area contributed by atoms with Gasteiger partial charge in [0.1, 0.15) is 5.54 Å². The third-order valence-electron chi connectivity index (χ3n) is 5.54. The molecule has 1 aliphatic carbocycles. The maximum Gasteiger partial charge on any atom is 0.325 e. The summed E-state index contributed by atoms with van der Waals surface area (Å²) in [6, 6.07) is 5.31. The number of fused-ring (bicyclic) bond motifs is 1. The molecule has 1 heterocycles. The van der Waals surface area contributed by atoms with E-state index in [1.54, 1.807) is 6.92 Å². The van der Waals surface area contributed by atoms with E-state index in [4.69, 9.17) is 0 Å².